The summed E-state index contributed by atoms with van der Waals surface area (Å²) in [5, 5.41) is 0. The van der Waals surface area contributed by atoms with Gasteiger partial charge in [0, 0.05) is 0 Å². The molecule has 0 heterocycles. The Bertz CT molecular complexity index is 74.1. The Morgan fingerprint density at radius 1 is 1.22 bits per heavy atom. The summed E-state index contributed by atoms with van der Waals surface area (Å²) in [6, 6.07) is 1.40. The quantitative estimate of drug-likeness (QED) is 0.613. The van der Waals surface area contributed by atoms with Crippen LogP contribution >= 0.6 is 0 Å². The number of hydrogen-bond donors (Lipinski definition) is 0. The van der Waals surface area contributed by atoms with Crippen molar-refractivity contribution in [3.05, 3.63) is 0 Å². The first-order chi connectivity index (χ1) is 3.71. The fourth-order valence-electron chi connectivity index (χ4n) is 1.30. The van der Waals surface area contributed by atoms with Gasteiger partial charge in [0.15, 0.2) is 0 Å². The number of hydrogen-bond acceptors (Lipinski definition) is 0. The Morgan fingerprint density at radius 3 is 1.56 bits per heavy atom. The molecule has 0 bridgehead atoms. The molecule has 56 valence electrons. The van der Waals surface area contributed by atoms with Crippen molar-refractivity contribution in [3.8, 4) is 0 Å². The summed E-state index contributed by atoms with van der Waals surface area (Å²) in [7, 11) is -0.808. The zero-order valence-corrected chi connectivity index (χ0v) is 10.0. The molecule has 0 saturated carbocycles. The van der Waals surface area contributed by atoms with Gasteiger partial charge in [0.25, 0.3) is 0 Å². The van der Waals surface area contributed by atoms with E-state index in [2.05, 4.69) is 49.5 Å². The summed E-state index contributed by atoms with van der Waals surface area (Å²) >= 11 is 2.77. The molecular weight excluding hydrogens is 191 g/mol. The van der Waals surface area contributed by atoms with E-state index < -0.39 is 8.07 Å². The van der Waals surface area contributed by atoms with Crippen molar-refractivity contribution in [2.24, 2.45) is 0 Å². The average molecular weight is 209 g/mol. The minimum absolute atomic E-state index is 0.484. The predicted molar refractivity (Wildman–Crippen MR) is 49.3 cm³/mol. The summed E-state index contributed by atoms with van der Waals surface area (Å²) < 4.78 is 0.484. The summed E-state index contributed by atoms with van der Waals surface area (Å²) in [5.74, 6) is 0. The van der Waals surface area contributed by atoms with Gasteiger partial charge in [0.1, 0.15) is 0 Å². The Balaban J connectivity index is 3.75. The monoisotopic (exact) mass is 210 g/mol. The topological polar surface area (TPSA) is 0 Å². The standard InChI is InChI=1S/C7H18SeSi/c1-7(2,8)6-9(3,4)5/h8H,6H2,1-5H3. The van der Waals surface area contributed by atoms with Crippen LogP contribution in [0.3, 0.4) is 0 Å². The van der Waals surface area contributed by atoms with Gasteiger partial charge >= 0.3 is 67.9 Å². The van der Waals surface area contributed by atoms with Crippen molar-refractivity contribution < 1.29 is 0 Å². The van der Waals surface area contributed by atoms with E-state index in [0.29, 0.717) is 4.31 Å². The van der Waals surface area contributed by atoms with Crippen LogP contribution in [0.25, 0.3) is 0 Å². The van der Waals surface area contributed by atoms with E-state index in [1.807, 2.05) is 0 Å². The molecule has 0 N–H and O–H groups in total. The molecule has 0 nitrogen and oxygen atoms in total. The second kappa shape index (κ2) is 2.77. The van der Waals surface area contributed by atoms with E-state index in [0.717, 1.165) is 0 Å². The van der Waals surface area contributed by atoms with Gasteiger partial charge in [-0.3, -0.25) is 0 Å². The van der Waals surface area contributed by atoms with Crippen LogP contribution in [0.15, 0.2) is 0 Å². The molecule has 0 aromatic carbocycles. The van der Waals surface area contributed by atoms with Crippen LogP contribution in [-0.2, 0) is 0 Å². The Morgan fingerprint density at radius 2 is 1.56 bits per heavy atom. The molecule has 0 atom stereocenters. The molecule has 0 fully saturated rings. The van der Waals surface area contributed by atoms with Gasteiger partial charge in [-0.05, 0) is 0 Å². The third-order valence-electron chi connectivity index (χ3n) is 0.963. The maximum atomic E-state index is 2.77. The SMILES string of the molecule is CC(C)([SeH])C[Si](C)(C)C. The van der Waals surface area contributed by atoms with E-state index in [-0.39, 0.29) is 0 Å². The van der Waals surface area contributed by atoms with Crippen LogP contribution in [0, 0.1) is 0 Å². The van der Waals surface area contributed by atoms with Gasteiger partial charge in [-0.1, -0.05) is 0 Å². The van der Waals surface area contributed by atoms with Crippen molar-refractivity contribution >= 4 is 24.1 Å². The third-order valence-corrected chi connectivity index (χ3v) is 3.88. The van der Waals surface area contributed by atoms with Crippen molar-refractivity contribution in [1.82, 2.24) is 0 Å². The van der Waals surface area contributed by atoms with Gasteiger partial charge in [-0.2, -0.15) is 0 Å². The molecule has 0 aromatic rings. The molecule has 0 aliphatic rings. The van der Waals surface area contributed by atoms with Gasteiger partial charge in [0.05, 0.1) is 0 Å². The van der Waals surface area contributed by atoms with Crippen molar-refractivity contribution in [1.29, 1.82) is 0 Å². The summed E-state index contributed by atoms with van der Waals surface area (Å²) in [5.41, 5.74) is 0. The fourth-order valence-corrected chi connectivity index (χ4v) is 6.88. The first-order valence-electron chi connectivity index (χ1n) is 3.43. The Hall–Kier alpha value is 0.736. The Labute approximate surface area is 68.2 Å². The van der Waals surface area contributed by atoms with Gasteiger partial charge in [0.2, 0.25) is 0 Å². The summed E-state index contributed by atoms with van der Waals surface area (Å²) in [4.78, 5) is 0. The molecular formula is C7H18SeSi. The molecule has 0 aliphatic carbocycles. The van der Waals surface area contributed by atoms with Crippen LogP contribution in [0.1, 0.15) is 13.8 Å². The molecule has 0 aromatic heterocycles. The second-order valence-electron chi connectivity index (χ2n) is 4.55. The van der Waals surface area contributed by atoms with E-state index in [9.17, 15) is 0 Å². The molecule has 0 rings (SSSR count). The van der Waals surface area contributed by atoms with E-state index in [1.54, 1.807) is 0 Å². The van der Waals surface area contributed by atoms with E-state index >= 15 is 0 Å². The Kier molecular flexibility index (Phi) is 3.00. The first-order valence-corrected chi connectivity index (χ1v) is 8.08. The maximum absolute atomic E-state index is 2.77. The first kappa shape index (κ1) is 9.74. The van der Waals surface area contributed by atoms with Crippen LogP contribution in [0.4, 0.5) is 0 Å². The van der Waals surface area contributed by atoms with Gasteiger partial charge in [-0.15, -0.1) is 0 Å². The summed E-state index contributed by atoms with van der Waals surface area (Å²) in [6.07, 6.45) is 0. The normalized spacial score (nSPS) is 14.0. The van der Waals surface area contributed by atoms with Crippen molar-refractivity contribution in [2.45, 2.75) is 43.8 Å². The molecule has 0 spiro atoms. The van der Waals surface area contributed by atoms with Crippen LogP contribution in [0.2, 0.25) is 30.0 Å². The zero-order chi connectivity index (χ0) is 7.71. The molecule has 0 aliphatic heterocycles. The molecule has 2 heteroatoms. The van der Waals surface area contributed by atoms with Crippen LogP contribution in [0.5, 0.6) is 0 Å². The van der Waals surface area contributed by atoms with Gasteiger partial charge in [-0.25, -0.2) is 0 Å². The van der Waals surface area contributed by atoms with Crippen LogP contribution in [-0.4, -0.2) is 24.1 Å². The molecule has 0 unspecified atom stereocenters. The zero-order valence-electron chi connectivity index (χ0n) is 7.15. The van der Waals surface area contributed by atoms with Gasteiger partial charge < -0.3 is 0 Å². The van der Waals surface area contributed by atoms with E-state index in [1.165, 1.54) is 6.04 Å². The minimum atomic E-state index is -0.808. The third kappa shape index (κ3) is 8.74. The second-order valence-corrected chi connectivity index (χ2v) is 12.6. The van der Waals surface area contributed by atoms with E-state index in [4.69, 9.17) is 0 Å². The van der Waals surface area contributed by atoms with Crippen molar-refractivity contribution in [3.63, 3.8) is 0 Å². The average Bonchev–Trinajstić information content (AvgIpc) is 1.14. The molecule has 0 saturated heterocycles. The predicted octanol–water partition coefficient (Wildman–Crippen LogP) is 2.42. The van der Waals surface area contributed by atoms with Crippen LogP contribution < -0.4 is 0 Å². The fraction of sp³-hybridized carbons (Fsp3) is 1.00. The van der Waals surface area contributed by atoms with Crippen molar-refractivity contribution in [2.75, 3.05) is 0 Å². The summed E-state index contributed by atoms with van der Waals surface area (Å²) in [6.45, 7) is 11.9. The molecule has 0 radical (unpaired) electrons. The molecule has 0 amide bonds. The molecule has 9 heavy (non-hydrogen) atoms. The number of rotatable bonds is 2.